The minimum atomic E-state index is 0.121. The van der Waals surface area contributed by atoms with Crippen LogP contribution in [0.1, 0.15) is 32.6 Å². The Morgan fingerprint density at radius 2 is 2.06 bits per heavy atom. The highest BCUT2D eigenvalue weighted by Crippen LogP contribution is 2.28. The quantitative estimate of drug-likeness (QED) is 0.508. The molecule has 2 rings (SSSR count). The van der Waals surface area contributed by atoms with Gasteiger partial charge >= 0.3 is 0 Å². The van der Waals surface area contributed by atoms with E-state index in [1.54, 1.807) is 17.0 Å². The Labute approximate surface area is 101 Å². The molecule has 1 saturated carbocycles. The SMILES string of the molecule is C[C@H]1CC[C@H](C(=N)n2ccnc(N)c2=N)CC1. The number of hydrogen-bond acceptors (Lipinski definition) is 4. The van der Waals surface area contributed by atoms with Crippen molar-refractivity contribution in [1.29, 1.82) is 10.8 Å². The van der Waals surface area contributed by atoms with Crippen molar-refractivity contribution in [3.05, 3.63) is 17.9 Å². The zero-order chi connectivity index (χ0) is 12.4. The standard InChI is InChI=1S/C12H19N5/c1-8-2-4-9(5-3-8)11(14)17-7-6-16-10(13)12(17)15/h6-9,14-15H,2-5H2,1H3,(H2,13,16)/t8-,9-. The molecule has 0 atom stereocenters. The van der Waals surface area contributed by atoms with E-state index in [-0.39, 0.29) is 17.2 Å². The van der Waals surface area contributed by atoms with E-state index in [9.17, 15) is 0 Å². The number of nitrogens with two attached hydrogens (primary N) is 1. The van der Waals surface area contributed by atoms with Gasteiger partial charge in [-0.05, 0) is 18.8 Å². The van der Waals surface area contributed by atoms with Gasteiger partial charge in [-0.15, -0.1) is 0 Å². The van der Waals surface area contributed by atoms with Crippen molar-refractivity contribution >= 4 is 11.7 Å². The maximum atomic E-state index is 8.19. The Hall–Kier alpha value is -1.65. The third kappa shape index (κ3) is 2.38. The van der Waals surface area contributed by atoms with Gasteiger partial charge in [0.05, 0.1) is 0 Å². The number of nitrogens with zero attached hydrogens (tertiary/aromatic N) is 2. The fourth-order valence-corrected chi connectivity index (χ4v) is 2.37. The van der Waals surface area contributed by atoms with Gasteiger partial charge in [-0.1, -0.05) is 19.8 Å². The molecule has 17 heavy (non-hydrogen) atoms. The molecule has 1 aliphatic carbocycles. The van der Waals surface area contributed by atoms with Crippen molar-refractivity contribution in [3.63, 3.8) is 0 Å². The van der Waals surface area contributed by atoms with Gasteiger partial charge in [0.1, 0.15) is 5.84 Å². The lowest BCUT2D eigenvalue weighted by atomic mass is 9.82. The Morgan fingerprint density at radius 1 is 1.41 bits per heavy atom. The topological polar surface area (TPSA) is 91.5 Å². The lowest BCUT2D eigenvalue weighted by Gasteiger charge is -2.27. The normalized spacial score (nSPS) is 24.5. The monoisotopic (exact) mass is 233 g/mol. The van der Waals surface area contributed by atoms with Crippen LogP contribution < -0.4 is 11.2 Å². The highest BCUT2D eigenvalue weighted by molar-refractivity contribution is 5.84. The molecule has 0 bridgehead atoms. The number of anilines is 1. The second-order valence-electron chi connectivity index (χ2n) is 4.87. The second kappa shape index (κ2) is 4.69. The largest absolute Gasteiger partial charge is 0.381 e. The molecule has 92 valence electrons. The summed E-state index contributed by atoms with van der Waals surface area (Å²) in [7, 11) is 0. The van der Waals surface area contributed by atoms with Gasteiger partial charge in [0.25, 0.3) is 0 Å². The zero-order valence-electron chi connectivity index (χ0n) is 10.1. The Bertz CT molecular complexity index is 468. The van der Waals surface area contributed by atoms with E-state index in [1.165, 1.54) is 12.8 Å². The van der Waals surface area contributed by atoms with Gasteiger partial charge in [0, 0.05) is 18.3 Å². The molecular formula is C12H19N5. The molecule has 5 nitrogen and oxygen atoms in total. The van der Waals surface area contributed by atoms with E-state index in [4.69, 9.17) is 16.6 Å². The van der Waals surface area contributed by atoms with E-state index < -0.39 is 0 Å². The van der Waals surface area contributed by atoms with Gasteiger partial charge in [-0.3, -0.25) is 15.4 Å². The van der Waals surface area contributed by atoms with Crippen molar-refractivity contribution < 1.29 is 0 Å². The molecule has 0 unspecified atom stereocenters. The summed E-state index contributed by atoms with van der Waals surface area (Å²) in [4.78, 5) is 3.85. The van der Waals surface area contributed by atoms with E-state index in [2.05, 4.69) is 11.9 Å². The van der Waals surface area contributed by atoms with E-state index >= 15 is 0 Å². The smallest absolute Gasteiger partial charge is 0.173 e. The first kappa shape index (κ1) is 11.8. The molecule has 0 amide bonds. The molecule has 1 heterocycles. The van der Waals surface area contributed by atoms with Gasteiger partial charge in [0.2, 0.25) is 0 Å². The van der Waals surface area contributed by atoms with E-state index in [1.807, 2.05) is 0 Å². The fourth-order valence-electron chi connectivity index (χ4n) is 2.37. The number of nitrogen functional groups attached to an aromatic ring is 1. The van der Waals surface area contributed by atoms with Crippen LogP contribution in [0.3, 0.4) is 0 Å². The molecule has 0 aliphatic heterocycles. The average Bonchev–Trinajstić information content (AvgIpc) is 2.33. The minimum absolute atomic E-state index is 0.121. The highest BCUT2D eigenvalue weighted by atomic mass is 15.1. The summed E-state index contributed by atoms with van der Waals surface area (Å²) in [5, 5.41) is 16.0. The van der Waals surface area contributed by atoms with Crippen LogP contribution in [-0.4, -0.2) is 15.4 Å². The van der Waals surface area contributed by atoms with Crippen molar-refractivity contribution in [3.8, 4) is 0 Å². The maximum Gasteiger partial charge on any atom is 0.173 e. The predicted octanol–water partition coefficient (Wildman–Crippen LogP) is 1.60. The van der Waals surface area contributed by atoms with Crippen LogP contribution in [0.15, 0.2) is 12.4 Å². The fraction of sp³-hybridized carbons (Fsp3) is 0.583. The summed E-state index contributed by atoms with van der Waals surface area (Å²) in [6.07, 6.45) is 7.61. The van der Waals surface area contributed by atoms with E-state index in [0.29, 0.717) is 5.84 Å². The molecule has 1 aromatic heterocycles. The summed E-state index contributed by atoms with van der Waals surface area (Å²) in [6, 6.07) is 0. The summed E-state index contributed by atoms with van der Waals surface area (Å²) in [5.74, 6) is 1.68. The molecule has 0 saturated heterocycles. The number of nitrogens with one attached hydrogen (secondary N) is 2. The number of rotatable bonds is 1. The van der Waals surface area contributed by atoms with Crippen molar-refractivity contribution in [2.24, 2.45) is 11.8 Å². The molecule has 1 fully saturated rings. The third-order valence-electron chi connectivity index (χ3n) is 3.57. The Balaban J connectivity index is 2.20. The van der Waals surface area contributed by atoms with Gasteiger partial charge < -0.3 is 5.73 Å². The lowest BCUT2D eigenvalue weighted by Crippen LogP contribution is -2.34. The Morgan fingerprint density at radius 3 is 2.71 bits per heavy atom. The predicted molar refractivity (Wildman–Crippen MR) is 66.7 cm³/mol. The molecule has 4 N–H and O–H groups in total. The van der Waals surface area contributed by atoms with Crippen LogP contribution in [-0.2, 0) is 0 Å². The highest BCUT2D eigenvalue weighted by Gasteiger charge is 2.23. The summed E-state index contributed by atoms with van der Waals surface area (Å²) < 4.78 is 1.54. The average molecular weight is 233 g/mol. The number of hydrogen-bond donors (Lipinski definition) is 3. The molecule has 0 spiro atoms. The first-order valence-electron chi connectivity index (χ1n) is 6.06. The van der Waals surface area contributed by atoms with Crippen LogP contribution in [0.25, 0.3) is 0 Å². The van der Waals surface area contributed by atoms with Crippen LogP contribution in [0.4, 0.5) is 5.82 Å². The molecule has 0 aromatic carbocycles. The Kier molecular flexibility index (Phi) is 3.26. The third-order valence-corrected chi connectivity index (χ3v) is 3.57. The van der Waals surface area contributed by atoms with Gasteiger partial charge in [0.15, 0.2) is 11.3 Å². The van der Waals surface area contributed by atoms with Crippen molar-refractivity contribution in [1.82, 2.24) is 9.55 Å². The summed E-state index contributed by atoms with van der Waals surface area (Å²) in [6.45, 7) is 2.26. The lowest BCUT2D eigenvalue weighted by molar-refractivity contribution is 0.339. The van der Waals surface area contributed by atoms with Crippen LogP contribution in [0, 0.1) is 22.7 Å². The molecule has 5 heteroatoms. The first-order valence-corrected chi connectivity index (χ1v) is 6.06. The maximum absolute atomic E-state index is 8.19. The molecular weight excluding hydrogens is 214 g/mol. The number of aromatic nitrogens is 2. The van der Waals surface area contributed by atoms with Gasteiger partial charge in [-0.25, -0.2) is 4.98 Å². The minimum Gasteiger partial charge on any atom is -0.381 e. The van der Waals surface area contributed by atoms with Crippen LogP contribution >= 0.6 is 0 Å². The molecule has 1 aromatic rings. The van der Waals surface area contributed by atoms with Crippen molar-refractivity contribution in [2.75, 3.05) is 5.73 Å². The van der Waals surface area contributed by atoms with Crippen LogP contribution in [0.2, 0.25) is 0 Å². The van der Waals surface area contributed by atoms with E-state index in [0.717, 1.165) is 18.8 Å². The second-order valence-corrected chi connectivity index (χ2v) is 4.87. The summed E-state index contributed by atoms with van der Waals surface area (Å²) in [5.41, 5.74) is 5.72. The first-order chi connectivity index (χ1) is 8.09. The summed E-state index contributed by atoms with van der Waals surface area (Å²) >= 11 is 0. The van der Waals surface area contributed by atoms with Crippen molar-refractivity contribution in [2.45, 2.75) is 32.6 Å². The zero-order valence-corrected chi connectivity index (χ0v) is 10.1. The molecule has 0 radical (unpaired) electrons. The van der Waals surface area contributed by atoms with Gasteiger partial charge in [-0.2, -0.15) is 0 Å². The molecule has 1 aliphatic rings. The van der Waals surface area contributed by atoms with Crippen LogP contribution in [0.5, 0.6) is 0 Å².